The standard InChI is InChI=1S/C11H20N.Li/c1-2-3-9-12-10-7-5-4-6-8-11-12;/h2-3H,1,4-11H2;. The number of rotatable bonds is 3. The van der Waals surface area contributed by atoms with Gasteiger partial charge in [0, 0.05) is 0 Å². The fourth-order valence-corrected chi connectivity index (χ4v) is 1.89. The van der Waals surface area contributed by atoms with Crippen molar-refractivity contribution in [2.24, 2.45) is 0 Å². The average molecular weight is 173 g/mol. The van der Waals surface area contributed by atoms with Crippen molar-refractivity contribution in [1.82, 2.24) is 4.90 Å². The molecule has 0 aromatic rings. The Morgan fingerprint density at radius 2 is 1.54 bits per heavy atom. The van der Waals surface area contributed by atoms with Crippen LogP contribution in [0.25, 0.3) is 0 Å². The van der Waals surface area contributed by atoms with Gasteiger partial charge in [0.2, 0.25) is 0 Å². The molecular weight excluding hydrogens is 153 g/mol. The predicted octanol–water partition coefficient (Wildman–Crippen LogP) is 2.40. The molecule has 0 unspecified atom stereocenters. The number of hydrogen-bond acceptors (Lipinski definition) is 1. The zero-order valence-electron chi connectivity index (χ0n) is 8.97. The Morgan fingerprint density at radius 3 is 2.15 bits per heavy atom. The molecule has 2 heteroatoms. The van der Waals surface area contributed by atoms with E-state index in [-0.39, 0.29) is 0 Å². The van der Waals surface area contributed by atoms with Gasteiger partial charge in [-0.2, -0.15) is 0 Å². The summed E-state index contributed by atoms with van der Waals surface area (Å²) in [5.74, 6) is 0. The topological polar surface area (TPSA) is 3.24 Å². The van der Waals surface area contributed by atoms with Crippen LogP contribution in [0.5, 0.6) is 0 Å². The van der Waals surface area contributed by atoms with Crippen molar-refractivity contribution in [3.63, 3.8) is 0 Å². The number of nitrogens with zero attached hydrogens (tertiary/aromatic N) is 1. The van der Waals surface area contributed by atoms with Gasteiger partial charge in [-0.05, 0) is 0 Å². The van der Waals surface area contributed by atoms with Crippen molar-refractivity contribution in [3.05, 3.63) is 12.2 Å². The monoisotopic (exact) mass is 173 g/mol. The summed E-state index contributed by atoms with van der Waals surface area (Å²) < 4.78 is 0. The molecule has 0 aromatic heterocycles. The Bertz CT molecular complexity index is 137. The van der Waals surface area contributed by atoms with Crippen LogP contribution >= 0.6 is 0 Å². The van der Waals surface area contributed by atoms with Gasteiger partial charge >= 0.3 is 91.6 Å². The summed E-state index contributed by atoms with van der Waals surface area (Å²) in [5, 5.41) is 1.17. The van der Waals surface area contributed by atoms with Gasteiger partial charge in [0.15, 0.2) is 0 Å². The van der Waals surface area contributed by atoms with Crippen molar-refractivity contribution in [1.29, 1.82) is 0 Å². The van der Waals surface area contributed by atoms with E-state index in [9.17, 15) is 0 Å². The molecule has 0 aromatic carbocycles. The van der Waals surface area contributed by atoms with Crippen molar-refractivity contribution in [2.45, 2.75) is 37.2 Å². The Hall–Kier alpha value is 0.297. The molecule has 0 N–H and O–H groups in total. The van der Waals surface area contributed by atoms with Gasteiger partial charge in [-0.3, -0.25) is 0 Å². The third kappa shape index (κ3) is 5.57. The number of allylic oxidation sites excluding steroid dienone is 1. The van der Waals surface area contributed by atoms with E-state index >= 15 is 0 Å². The molecule has 0 aliphatic carbocycles. The summed E-state index contributed by atoms with van der Waals surface area (Å²) in [6.07, 6.45) is 11.7. The molecule has 0 amide bonds. The molecule has 0 spiro atoms. The van der Waals surface area contributed by atoms with E-state index < -0.39 is 0 Å². The van der Waals surface area contributed by atoms with Crippen LogP contribution in [-0.2, 0) is 0 Å². The van der Waals surface area contributed by atoms with Crippen molar-refractivity contribution in [3.8, 4) is 0 Å². The van der Waals surface area contributed by atoms with E-state index in [0.29, 0.717) is 0 Å². The van der Waals surface area contributed by atoms with E-state index in [1.165, 1.54) is 56.8 Å². The zero-order chi connectivity index (χ0) is 9.36. The molecule has 0 saturated carbocycles. The quantitative estimate of drug-likeness (QED) is 0.468. The van der Waals surface area contributed by atoms with E-state index in [4.69, 9.17) is 0 Å². The van der Waals surface area contributed by atoms with Crippen LogP contribution < -0.4 is 0 Å². The second kappa shape index (κ2) is 7.68. The maximum atomic E-state index is 2.59. The SMILES string of the molecule is [Li][CH2]C=CCN1CCCCCCC1. The van der Waals surface area contributed by atoms with E-state index in [2.05, 4.69) is 34.8 Å². The van der Waals surface area contributed by atoms with Crippen LogP contribution in [0.2, 0.25) is 5.09 Å². The third-order valence-corrected chi connectivity index (χ3v) is 2.71. The van der Waals surface area contributed by atoms with Crippen LogP contribution in [0.3, 0.4) is 0 Å². The number of hydrogen-bond donors (Lipinski definition) is 0. The fraction of sp³-hybridized carbons (Fsp3) is 0.818. The molecule has 0 radical (unpaired) electrons. The Labute approximate surface area is 91.8 Å². The third-order valence-electron chi connectivity index (χ3n) is 2.71. The molecule has 0 bridgehead atoms. The van der Waals surface area contributed by atoms with Crippen LogP contribution in [-0.4, -0.2) is 42.2 Å². The summed E-state index contributed by atoms with van der Waals surface area (Å²) in [6.45, 7) is 3.80. The maximum absolute atomic E-state index is 2.59. The molecule has 1 saturated heterocycles. The second-order valence-electron chi connectivity index (χ2n) is 3.95. The summed E-state index contributed by atoms with van der Waals surface area (Å²) in [6, 6.07) is 0. The summed E-state index contributed by atoms with van der Waals surface area (Å²) in [4.78, 5) is 2.59. The van der Waals surface area contributed by atoms with Crippen LogP contribution in [0.15, 0.2) is 12.2 Å². The first-order valence-corrected chi connectivity index (χ1v) is 5.81. The minimum absolute atomic E-state index is 1.17. The molecule has 1 rings (SSSR count). The minimum atomic E-state index is 1.17. The van der Waals surface area contributed by atoms with Gasteiger partial charge < -0.3 is 0 Å². The molecule has 1 nitrogen and oxygen atoms in total. The zero-order valence-corrected chi connectivity index (χ0v) is 8.97. The van der Waals surface area contributed by atoms with Crippen molar-refractivity contribution < 1.29 is 0 Å². The van der Waals surface area contributed by atoms with Gasteiger partial charge in [-0.25, -0.2) is 0 Å². The molecule has 1 aliphatic rings. The average Bonchev–Trinajstić information content (AvgIpc) is 2.08. The van der Waals surface area contributed by atoms with Crippen LogP contribution in [0.4, 0.5) is 0 Å². The van der Waals surface area contributed by atoms with Crippen LogP contribution in [0.1, 0.15) is 32.1 Å². The first-order chi connectivity index (χ1) is 6.43. The molecule has 1 aliphatic heterocycles. The molecule has 70 valence electrons. The van der Waals surface area contributed by atoms with Crippen LogP contribution in [0, 0.1) is 0 Å². The molecule has 13 heavy (non-hydrogen) atoms. The van der Waals surface area contributed by atoms with Gasteiger partial charge in [-0.15, -0.1) is 0 Å². The number of likely N-dealkylation sites (tertiary alicyclic amines) is 1. The summed E-state index contributed by atoms with van der Waals surface area (Å²) in [5.41, 5.74) is 0. The summed E-state index contributed by atoms with van der Waals surface area (Å²) >= 11 is 2.20. The molecular formula is C11H20LiN. The second-order valence-corrected chi connectivity index (χ2v) is 3.95. The van der Waals surface area contributed by atoms with E-state index in [1.54, 1.807) is 0 Å². The molecule has 0 atom stereocenters. The van der Waals surface area contributed by atoms with Gasteiger partial charge in [0.1, 0.15) is 0 Å². The van der Waals surface area contributed by atoms with Crippen molar-refractivity contribution >= 4 is 17.7 Å². The van der Waals surface area contributed by atoms with E-state index in [0.717, 1.165) is 0 Å². The molecule has 1 heterocycles. The van der Waals surface area contributed by atoms with Crippen molar-refractivity contribution in [2.75, 3.05) is 19.6 Å². The Balaban J connectivity index is 2.17. The molecule has 1 fully saturated rings. The van der Waals surface area contributed by atoms with Gasteiger partial charge in [-0.1, -0.05) is 0 Å². The Morgan fingerprint density at radius 1 is 0.923 bits per heavy atom. The summed E-state index contributed by atoms with van der Waals surface area (Å²) in [7, 11) is 0. The van der Waals surface area contributed by atoms with Gasteiger partial charge in [0.05, 0.1) is 0 Å². The first kappa shape index (κ1) is 11.4. The normalized spacial score (nSPS) is 21.7. The Kier molecular flexibility index (Phi) is 6.72. The van der Waals surface area contributed by atoms with E-state index in [1.807, 2.05) is 0 Å². The first-order valence-electron chi connectivity index (χ1n) is 5.81. The predicted molar refractivity (Wildman–Crippen MR) is 59.2 cm³/mol. The van der Waals surface area contributed by atoms with Gasteiger partial charge in [0.25, 0.3) is 0 Å². The fourth-order valence-electron chi connectivity index (χ4n) is 1.89.